The Morgan fingerprint density at radius 3 is 2.14 bits per heavy atom. The van der Waals surface area contributed by atoms with Crippen LogP contribution in [0.4, 0.5) is 0 Å². The highest BCUT2D eigenvalue weighted by molar-refractivity contribution is 5.74. The predicted molar refractivity (Wildman–Crippen MR) is 145 cm³/mol. The molecule has 0 heterocycles. The molecule has 0 aliphatic carbocycles. The van der Waals surface area contributed by atoms with Crippen molar-refractivity contribution in [1.29, 1.82) is 0 Å². The molecule has 0 saturated carbocycles. The van der Waals surface area contributed by atoms with Crippen molar-refractivity contribution in [2.75, 3.05) is 14.1 Å². The zero-order valence-electron chi connectivity index (χ0n) is 22.8. The molecular formula is C31H48NO3+. The fourth-order valence-corrected chi connectivity index (χ4v) is 4.73. The van der Waals surface area contributed by atoms with Crippen molar-refractivity contribution in [2.24, 2.45) is 0 Å². The van der Waals surface area contributed by atoms with Crippen LogP contribution in [0.2, 0.25) is 0 Å². The first-order valence-corrected chi connectivity index (χ1v) is 13.7. The van der Waals surface area contributed by atoms with Crippen LogP contribution in [0.1, 0.15) is 89.7 Å². The van der Waals surface area contributed by atoms with Gasteiger partial charge in [0.2, 0.25) is 6.29 Å². The minimum absolute atomic E-state index is 0.190. The third-order valence-corrected chi connectivity index (χ3v) is 6.71. The van der Waals surface area contributed by atoms with E-state index in [0.717, 1.165) is 38.0 Å². The van der Waals surface area contributed by atoms with Crippen LogP contribution < -0.4 is 4.74 Å². The number of esters is 1. The number of benzene rings is 2. The Hall–Kier alpha value is -2.33. The van der Waals surface area contributed by atoms with Gasteiger partial charge in [0, 0.05) is 18.9 Å². The lowest BCUT2D eigenvalue weighted by molar-refractivity contribution is -0.920. The van der Waals surface area contributed by atoms with Crippen LogP contribution in [-0.4, -0.2) is 36.9 Å². The summed E-state index contributed by atoms with van der Waals surface area (Å²) in [6.45, 7) is 6.96. The Morgan fingerprint density at radius 2 is 1.46 bits per heavy atom. The number of ether oxygens (including phenoxy) is 2. The number of unbranched alkanes of at least 4 members (excludes halogenated alkanes) is 6. The molecular weight excluding hydrogens is 434 g/mol. The zero-order chi connectivity index (χ0) is 25.5. The number of rotatable bonds is 17. The Morgan fingerprint density at radius 1 is 0.829 bits per heavy atom. The molecule has 0 aliphatic rings. The van der Waals surface area contributed by atoms with Gasteiger partial charge in [-0.25, -0.2) is 4.79 Å². The molecule has 2 aromatic carbocycles. The second-order valence-corrected chi connectivity index (χ2v) is 10.3. The smallest absolute Gasteiger partial charge is 0.368 e. The normalized spacial score (nSPS) is 13.3. The Bertz CT molecular complexity index is 849. The van der Waals surface area contributed by atoms with Crippen molar-refractivity contribution in [3.63, 3.8) is 0 Å². The lowest BCUT2D eigenvalue weighted by Gasteiger charge is -2.37. The van der Waals surface area contributed by atoms with Crippen molar-refractivity contribution in [1.82, 2.24) is 0 Å². The molecule has 2 rings (SSSR count). The van der Waals surface area contributed by atoms with Gasteiger partial charge in [-0.05, 0) is 30.9 Å². The van der Waals surface area contributed by atoms with Crippen LogP contribution >= 0.6 is 0 Å². The highest BCUT2D eigenvalue weighted by Gasteiger charge is 2.36. The van der Waals surface area contributed by atoms with Crippen molar-refractivity contribution in [2.45, 2.75) is 104 Å². The molecule has 4 nitrogen and oxygen atoms in total. The van der Waals surface area contributed by atoms with E-state index in [4.69, 9.17) is 9.47 Å². The second kappa shape index (κ2) is 15.6. The van der Waals surface area contributed by atoms with E-state index in [0.29, 0.717) is 4.48 Å². The fraction of sp³-hybridized carbons (Fsp3) is 0.581. The number of hydrogen-bond donors (Lipinski definition) is 0. The van der Waals surface area contributed by atoms with Crippen molar-refractivity contribution < 1.29 is 18.8 Å². The summed E-state index contributed by atoms with van der Waals surface area (Å²) in [5.74, 6) is 0.633. The predicted octanol–water partition coefficient (Wildman–Crippen LogP) is 7.69. The summed E-state index contributed by atoms with van der Waals surface area (Å²) in [6.07, 6.45) is 11.1. The van der Waals surface area contributed by atoms with E-state index in [1.165, 1.54) is 49.7 Å². The van der Waals surface area contributed by atoms with Crippen LogP contribution in [0.3, 0.4) is 0 Å². The van der Waals surface area contributed by atoms with Gasteiger partial charge in [-0.2, -0.15) is 0 Å². The highest BCUT2D eigenvalue weighted by Crippen LogP contribution is 2.24. The first kappa shape index (κ1) is 28.9. The third kappa shape index (κ3) is 10.4. The molecule has 0 fully saturated rings. The number of nitrogens with zero attached hydrogens (tertiary/aromatic N) is 1. The van der Waals surface area contributed by atoms with Gasteiger partial charge in [-0.3, -0.25) is 0 Å². The van der Waals surface area contributed by atoms with Crippen LogP contribution in [0.25, 0.3) is 0 Å². The van der Waals surface area contributed by atoms with Gasteiger partial charge in [0.05, 0.1) is 14.1 Å². The molecule has 35 heavy (non-hydrogen) atoms. The zero-order valence-corrected chi connectivity index (χ0v) is 22.8. The summed E-state index contributed by atoms with van der Waals surface area (Å²) in [4.78, 5) is 13.3. The minimum Gasteiger partial charge on any atom is -0.455 e. The maximum absolute atomic E-state index is 13.3. The fourth-order valence-electron chi connectivity index (χ4n) is 4.73. The number of aryl methyl sites for hydroxylation is 1. The lowest BCUT2D eigenvalue weighted by Crippen LogP contribution is -2.53. The SMILES string of the molecule is CCCCCCCCCc1ccccc1OC(C)OC(=O)C(CCC)[N+](C)(C)Cc1ccccc1. The number of likely N-dealkylation sites (N-methyl/N-ethyl adjacent to an activating group) is 1. The van der Waals surface area contributed by atoms with E-state index < -0.39 is 6.29 Å². The monoisotopic (exact) mass is 482 g/mol. The molecule has 2 aromatic rings. The van der Waals surface area contributed by atoms with Gasteiger partial charge in [0.1, 0.15) is 12.3 Å². The number of carbonyl (C=O) groups is 1. The van der Waals surface area contributed by atoms with E-state index >= 15 is 0 Å². The molecule has 2 unspecified atom stereocenters. The summed E-state index contributed by atoms with van der Waals surface area (Å²) >= 11 is 0. The minimum atomic E-state index is -0.631. The lowest BCUT2D eigenvalue weighted by atomic mass is 10.0. The molecule has 0 saturated heterocycles. The average Bonchev–Trinajstić information content (AvgIpc) is 2.83. The van der Waals surface area contributed by atoms with Gasteiger partial charge in [-0.15, -0.1) is 0 Å². The number of quaternary nitrogens is 1. The van der Waals surface area contributed by atoms with Gasteiger partial charge in [0.15, 0.2) is 6.04 Å². The van der Waals surface area contributed by atoms with Gasteiger partial charge in [-0.1, -0.05) is 101 Å². The number of carbonyl (C=O) groups excluding carboxylic acids is 1. The van der Waals surface area contributed by atoms with Crippen LogP contribution in [0.15, 0.2) is 54.6 Å². The van der Waals surface area contributed by atoms with Gasteiger partial charge in [0.25, 0.3) is 0 Å². The maximum atomic E-state index is 13.3. The third-order valence-electron chi connectivity index (χ3n) is 6.71. The van der Waals surface area contributed by atoms with E-state index in [1.807, 2.05) is 37.3 Å². The molecule has 0 aliphatic heterocycles. The standard InChI is InChI=1S/C31H48NO3/c1-6-8-9-10-11-12-16-22-28-23-17-18-24-30(28)34-26(3)35-31(33)29(19-7-2)32(4,5)25-27-20-14-13-15-21-27/h13-15,17-18,20-21,23-24,26,29H,6-12,16,19,22,25H2,1-5H3/q+1. The summed E-state index contributed by atoms with van der Waals surface area (Å²) in [6, 6.07) is 18.2. The Balaban J connectivity index is 1.92. The number of hydrogen-bond acceptors (Lipinski definition) is 3. The molecule has 4 heteroatoms. The van der Waals surface area contributed by atoms with Crippen LogP contribution in [0.5, 0.6) is 5.75 Å². The first-order chi connectivity index (χ1) is 16.9. The second-order valence-electron chi connectivity index (χ2n) is 10.3. The molecule has 0 amide bonds. The first-order valence-electron chi connectivity index (χ1n) is 13.7. The van der Waals surface area contributed by atoms with E-state index in [-0.39, 0.29) is 12.0 Å². The van der Waals surface area contributed by atoms with Crippen LogP contribution in [0, 0.1) is 0 Å². The summed E-state index contributed by atoms with van der Waals surface area (Å²) in [5.41, 5.74) is 2.41. The van der Waals surface area contributed by atoms with E-state index in [1.54, 1.807) is 0 Å². The molecule has 194 valence electrons. The molecule has 0 aromatic heterocycles. The van der Waals surface area contributed by atoms with Crippen molar-refractivity contribution in [3.05, 3.63) is 65.7 Å². The maximum Gasteiger partial charge on any atom is 0.368 e. The average molecular weight is 483 g/mol. The Labute approximate surface area is 214 Å². The summed E-state index contributed by atoms with van der Waals surface area (Å²) < 4.78 is 12.5. The molecule has 0 radical (unpaired) electrons. The van der Waals surface area contributed by atoms with Gasteiger partial charge >= 0.3 is 5.97 Å². The molecule has 0 bridgehead atoms. The quantitative estimate of drug-likeness (QED) is 0.100. The molecule has 0 spiro atoms. The molecule has 2 atom stereocenters. The highest BCUT2D eigenvalue weighted by atomic mass is 16.7. The largest absolute Gasteiger partial charge is 0.455 e. The van der Waals surface area contributed by atoms with Crippen LogP contribution in [-0.2, 0) is 22.5 Å². The van der Waals surface area contributed by atoms with E-state index in [9.17, 15) is 4.79 Å². The van der Waals surface area contributed by atoms with E-state index in [2.05, 4.69) is 52.2 Å². The number of para-hydroxylation sites is 1. The van der Waals surface area contributed by atoms with Crippen molar-refractivity contribution in [3.8, 4) is 5.75 Å². The van der Waals surface area contributed by atoms with Gasteiger partial charge < -0.3 is 14.0 Å². The summed E-state index contributed by atoms with van der Waals surface area (Å²) in [5, 5.41) is 0. The Kier molecular flexibility index (Phi) is 12.9. The van der Waals surface area contributed by atoms with Crippen molar-refractivity contribution >= 4 is 5.97 Å². The summed E-state index contributed by atoms with van der Waals surface area (Å²) in [7, 11) is 4.22. The topological polar surface area (TPSA) is 35.5 Å². The molecule has 0 N–H and O–H groups in total.